The first-order valence-electron chi connectivity index (χ1n) is 11.4. The summed E-state index contributed by atoms with van der Waals surface area (Å²) in [5.74, 6) is 3.15. The van der Waals surface area contributed by atoms with Gasteiger partial charge in [-0.2, -0.15) is 0 Å². The molecule has 0 spiro atoms. The molecule has 0 unspecified atom stereocenters. The smallest absolute Gasteiger partial charge is 0.261 e. The highest BCUT2D eigenvalue weighted by atomic mass is 32.2. The van der Waals surface area contributed by atoms with Crippen LogP contribution in [0.4, 0.5) is 28.8 Å². The molecule has 4 aromatic rings. The van der Waals surface area contributed by atoms with Gasteiger partial charge in [-0.1, -0.05) is 0 Å². The van der Waals surface area contributed by atoms with Crippen LogP contribution in [0.15, 0.2) is 71.8 Å². The number of aryl methyl sites for hydroxylation is 3. The molecule has 10 heteroatoms. The van der Waals surface area contributed by atoms with Gasteiger partial charge in [0.25, 0.3) is 10.0 Å². The van der Waals surface area contributed by atoms with Gasteiger partial charge >= 0.3 is 0 Å². The lowest BCUT2D eigenvalue weighted by Gasteiger charge is -2.13. The van der Waals surface area contributed by atoms with Crippen molar-refractivity contribution in [1.82, 2.24) is 15.0 Å². The summed E-state index contributed by atoms with van der Waals surface area (Å²) in [5, 5.41) is 6.42. The number of benzene rings is 2. The van der Waals surface area contributed by atoms with Crippen LogP contribution in [0.1, 0.15) is 23.9 Å². The Kier molecular flexibility index (Phi) is 7.35. The second kappa shape index (κ2) is 10.6. The lowest BCUT2D eigenvalue weighted by Crippen LogP contribution is -2.13. The van der Waals surface area contributed by atoms with Gasteiger partial charge in [-0.05, 0) is 93.4 Å². The third-order valence-electron chi connectivity index (χ3n) is 5.18. The van der Waals surface area contributed by atoms with Gasteiger partial charge in [0.15, 0.2) is 0 Å². The van der Waals surface area contributed by atoms with Crippen LogP contribution in [-0.2, 0) is 10.0 Å². The summed E-state index contributed by atoms with van der Waals surface area (Å²) in [6.45, 7) is 8.02. The number of hydrogen-bond acceptors (Lipinski definition) is 8. The van der Waals surface area contributed by atoms with Crippen LogP contribution in [0.5, 0.6) is 5.75 Å². The van der Waals surface area contributed by atoms with Gasteiger partial charge < -0.3 is 15.4 Å². The number of nitrogens with zero attached hydrogens (tertiary/aromatic N) is 3. The van der Waals surface area contributed by atoms with Crippen LogP contribution in [0, 0.1) is 20.8 Å². The number of nitrogens with one attached hydrogen (secondary N) is 3. The molecule has 36 heavy (non-hydrogen) atoms. The molecule has 2 heterocycles. The molecule has 0 amide bonds. The summed E-state index contributed by atoms with van der Waals surface area (Å²) < 4.78 is 33.8. The van der Waals surface area contributed by atoms with Gasteiger partial charge in [-0.15, -0.1) is 0 Å². The summed E-state index contributed by atoms with van der Waals surface area (Å²) in [7, 11) is -3.74. The Morgan fingerprint density at radius 3 is 2.17 bits per heavy atom. The minimum Gasteiger partial charge on any atom is -0.494 e. The molecule has 0 bridgehead atoms. The summed E-state index contributed by atoms with van der Waals surface area (Å²) >= 11 is 0. The van der Waals surface area contributed by atoms with E-state index < -0.39 is 10.0 Å². The van der Waals surface area contributed by atoms with E-state index in [2.05, 4.69) is 30.3 Å². The molecule has 3 N–H and O–H groups in total. The van der Waals surface area contributed by atoms with Crippen molar-refractivity contribution in [2.45, 2.75) is 32.6 Å². The molecule has 186 valence electrons. The van der Waals surface area contributed by atoms with Crippen molar-refractivity contribution in [3.05, 3.63) is 83.8 Å². The van der Waals surface area contributed by atoms with Crippen molar-refractivity contribution in [2.24, 2.45) is 0 Å². The molecule has 0 fully saturated rings. The zero-order valence-electron chi connectivity index (χ0n) is 20.5. The zero-order valence-corrected chi connectivity index (χ0v) is 21.3. The van der Waals surface area contributed by atoms with E-state index in [-0.39, 0.29) is 4.90 Å². The van der Waals surface area contributed by atoms with Gasteiger partial charge in [-0.25, -0.2) is 23.4 Å². The van der Waals surface area contributed by atoms with E-state index in [4.69, 9.17) is 4.74 Å². The minimum atomic E-state index is -3.74. The van der Waals surface area contributed by atoms with E-state index in [1.54, 1.807) is 55.6 Å². The normalized spacial score (nSPS) is 11.1. The van der Waals surface area contributed by atoms with Crippen LogP contribution in [0.25, 0.3) is 0 Å². The van der Waals surface area contributed by atoms with E-state index in [1.807, 2.05) is 32.9 Å². The first-order chi connectivity index (χ1) is 17.2. The molecular weight excluding hydrogens is 476 g/mol. The molecule has 0 saturated carbocycles. The van der Waals surface area contributed by atoms with Crippen molar-refractivity contribution in [3.8, 4) is 5.75 Å². The summed E-state index contributed by atoms with van der Waals surface area (Å²) in [6.07, 6.45) is 1.73. The van der Waals surface area contributed by atoms with Gasteiger partial charge in [-0.3, -0.25) is 4.72 Å². The van der Waals surface area contributed by atoms with Crippen LogP contribution in [0.3, 0.4) is 0 Å². The summed E-state index contributed by atoms with van der Waals surface area (Å²) in [5.41, 5.74) is 3.03. The Labute approximate surface area is 211 Å². The summed E-state index contributed by atoms with van der Waals surface area (Å²) in [6, 6.07) is 17.3. The highest BCUT2D eigenvalue weighted by Crippen LogP contribution is 2.25. The third kappa shape index (κ3) is 6.28. The number of hydrogen-bond donors (Lipinski definition) is 3. The van der Waals surface area contributed by atoms with Crippen LogP contribution >= 0.6 is 0 Å². The maximum absolute atomic E-state index is 12.8. The third-order valence-corrected chi connectivity index (χ3v) is 6.55. The van der Waals surface area contributed by atoms with Crippen molar-refractivity contribution in [3.63, 3.8) is 0 Å². The molecule has 0 aliphatic rings. The molecule has 0 aliphatic carbocycles. The average Bonchev–Trinajstić information content (AvgIpc) is 2.81. The fraction of sp³-hybridized carbons (Fsp3) is 0.192. The topological polar surface area (TPSA) is 118 Å². The molecule has 2 aromatic heterocycles. The molecule has 0 saturated heterocycles. The number of pyridine rings is 1. The van der Waals surface area contributed by atoms with Gasteiger partial charge in [0.05, 0.1) is 11.5 Å². The quantitative estimate of drug-likeness (QED) is 0.274. The lowest BCUT2D eigenvalue weighted by molar-refractivity contribution is 0.337. The van der Waals surface area contributed by atoms with E-state index >= 15 is 0 Å². The maximum Gasteiger partial charge on any atom is 0.261 e. The second-order valence-electron chi connectivity index (χ2n) is 8.20. The Morgan fingerprint density at radius 2 is 1.50 bits per heavy atom. The van der Waals surface area contributed by atoms with E-state index in [1.165, 1.54) is 6.07 Å². The Balaban J connectivity index is 1.45. The van der Waals surface area contributed by atoms with E-state index in [9.17, 15) is 8.42 Å². The van der Waals surface area contributed by atoms with Gasteiger partial charge in [0.1, 0.15) is 29.0 Å². The lowest BCUT2D eigenvalue weighted by atomic mass is 10.2. The monoisotopic (exact) mass is 504 g/mol. The van der Waals surface area contributed by atoms with E-state index in [0.717, 1.165) is 16.8 Å². The predicted octanol–water partition coefficient (Wildman–Crippen LogP) is 5.48. The highest BCUT2D eigenvalue weighted by Gasteiger charge is 2.16. The zero-order chi connectivity index (χ0) is 25.7. The standard InChI is InChI=1S/C26H28N6O3S/c1-5-35-23-11-10-22(15-18(23)3)36(33,34)32-21-8-6-20(7-9-21)30-25-16-26(29-19(4)28-25)31-24-14-17(2)12-13-27-24/h6-16,32H,5H2,1-4H3,(H2,27,28,29,30,31). The number of aromatic nitrogens is 3. The molecule has 9 nitrogen and oxygen atoms in total. The highest BCUT2D eigenvalue weighted by molar-refractivity contribution is 7.92. The Bertz CT molecular complexity index is 1470. The first kappa shape index (κ1) is 24.9. The molecule has 0 atom stereocenters. The van der Waals surface area contributed by atoms with Crippen molar-refractivity contribution >= 4 is 38.9 Å². The van der Waals surface area contributed by atoms with Gasteiger partial charge in [0, 0.05) is 23.6 Å². The fourth-order valence-corrected chi connectivity index (χ4v) is 4.66. The first-order valence-corrected chi connectivity index (χ1v) is 12.9. The van der Waals surface area contributed by atoms with Crippen molar-refractivity contribution < 1.29 is 13.2 Å². The molecule has 0 radical (unpaired) electrons. The molecule has 0 aliphatic heterocycles. The van der Waals surface area contributed by atoms with Crippen molar-refractivity contribution in [2.75, 3.05) is 22.0 Å². The molecule has 4 rings (SSSR count). The van der Waals surface area contributed by atoms with Crippen LogP contribution in [-0.4, -0.2) is 30.0 Å². The predicted molar refractivity (Wildman–Crippen MR) is 142 cm³/mol. The van der Waals surface area contributed by atoms with Gasteiger partial charge in [0.2, 0.25) is 0 Å². The van der Waals surface area contributed by atoms with Crippen LogP contribution < -0.4 is 20.1 Å². The minimum absolute atomic E-state index is 0.172. The number of anilines is 5. The maximum atomic E-state index is 12.8. The molecule has 2 aromatic carbocycles. The Morgan fingerprint density at radius 1 is 0.806 bits per heavy atom. The largest absolute Gasteiger partial charge is 0.494 e. The second-order valence-corrected chi connectivity index (χ2v) is 9.88. The number of ether oxygens (including phenoxy) is 1. The number of rotatable bonds is 9. The molecular formula is C26H28N6O3S. The fourth-order valence-electron chi connectivity index (χ4n) is 3.52. The number of sulfonamides is 1. The average molecular weight is 505 g/mol. The van der Waals surface area contributed by atoms with Crippen molar-refractivity contribution in [1.29, 1.82) is 0 Å². The van der Waals surface area contributed by atoms with E-state index in [0.29, 0.717) is 41.3 Å². The SMILES string of the molecule is CCOc1ccc(S(=O)(=O)Nc2ccc(Nc3cc(Nc4cc(C)ccn4)nc(C)n3)cc2)cc1C. The van der Waals surface area contributed by atoms with Crippen LogP contribution in [0.2, 0.25) is 0 Å². The Hall–Kier alpha value is -4.18. The summed E-state index contributed by atoms with van der Waals surface area (Å²) in [4.78, 5) is 13.3.